The highest BCUT2D eigenvalue weighted by Crippen LogP contribution is 2.23. The summed E-state index contributed by atoms with van der Waals surface area (Å²) in [6.45, 7) is 1.83. The molecule has 0 amide bonds. The molecule has 3 aromatic rings. The third kappa shape index (κ3) is 1.82. The summed E-state index contributed by atoms with van der Waals surface area (Å²) in [5.41, 5.74) is 1.67. The highest BCUT2D eigenvalue weighted by atomic mass is 32.1. The van der Waals surface area contributed by atoms with Gasteiger partial charge in [0.05, 0.1) is 11.2 Å². The fraction of sp³-hybridized carbons (Fsp3) is 0.0769. The molecule has 0 fully saturated rings. The first-order chi connectivity index (χ1) is 9.49. The number of halogens is 3. The topological polar surface area (TPSA) is 33.6 Å². The molecular formula is C13H8F3N3S. The molecule has 3 rings (SSSR count). The van der Waals surface area contributed by atoms with Gasteiger partial charge in [-0.3, -0.25) is 4.57 Å². The minimum Gasteiger partial charge on any atom is -0.329 e. The number of nitrogens with one attached hydrogen (secondary N) is 1. The first kappa shape index (κ1) is 12.9. The number of rotatable bonds is 1. The van der Waals surface area contributed by atoms with Crippen LogP contribution in [0.1, 0.15) is 5.56 Å². The number of pyridine rings is 1. The standard InChI is InChI=1S/C13H8F3N3S/c1-6-2-3-17-12-11(6)18-13(20)19(12)10-5-8(15)7(14)4-9(10)16/h2-5H,1H3,(H,18,20). The number of hydrogen-bond donors (Lipinski definition) is 1. The van der Waals surface area contributed by atoms with Crippen molar-refractivity contribution in [3.05, 3.63) is 52.2 Å². The van der Waals surface area contributed by atoms with E-state index < -0.39 is 17.5 Å². The summed E-state index contributed by atoms with van der Waals surface area (Å²) in [6, 6.07) is 3.01. The number of imidazole rings is 1. The van der Waals surface area contributed by atoms with E-state index in [0.29, 0.717) is 17.2 Å². The zero-order valence-corrected chi connectivity index (χ0v) is 11.1. The molecule has 2 heterocycles. The maximum Gasteiger partial charge on any atom is 0.184 e. The summed E-state index contributed by atoms with van der Waals surface area (Å²) in [7, 11) is 0. The van der Waals surface area contributed by atoms with Gasteiger partial charge in [-0.15, -0.1) is 0 Å². The van der Waals surface area contributed by atoms with Crippen LogP contribution in [0.15, 0.2) is 24.4 Å². The third-order valence-corrected chi connectivity index (χ3v) is 3.30. The van der Waals surface area contributed by atoms with Crippen molar-refractivity contribution in [1.82, 2.24) is 14.5 Å². The van der Waals surface area contributed by atoms with Crippen molar-refractivity contribution in [3.63, 3.8) is 0 Å². The first-order valence-corrected chi connectivity index (χ1v) is 6.11. The molecule has 0 unspecified atom stereocenters. The highest BCUT2D eigenvalue weighted by Gasteiger charge is 2.16. The Morgan fingerprint density at radius 3 is 2.60 bits per heavy atom. The van der Waals surface area contributed by atoms with Crippen molar-refractivity contribution in [1.29, 1.82) is 0 Å². The predicted molar refractivity (Wildman–Crippen MR) is 70.9 cm³/mol. The number of aryl methyl sites for hydroxylation is 1. The summed E-state index contributed by atoms with van der Waals surface area (Å²) < 4.78 is 41.6. The first-order valence-electron chi connectivity index (χ1n) is 5.70. The molecule has 7 heteroatoms. The van der Waals surface area contributed by atoms with Crippen molar-refractivity contribution >= 4 is 23.4 Å². The van der Waals surface area contributed by atoms with Gasteiger partial charge >= 0.3 is 0 Å². The lowest BCUT2D eigenvalue weighted by Gasteiger charge is -2.06. The molecule has 20 heavy (non-hydrogen) atoms. The van der Waals surface area contributed by atoms with E-state index in [1.165, 1.54) is 10.8 Å². The van der Waals surface area contributed by atoms with Gasteiger partial charge in [0.15, 0.2) is 22.1 Å². The third-order valence-electron chi connectivity index (χ3n) is 3.02. The molecule has 1 aromatic carbocycles. The van der Waals surface area contributed by atoms with Crippen LogP contribution in [0, 0.1) is 29.1 Å². The van der Waals surface area contributed by atoms with Crippen LogP contribution in [-0.2, 0) is 0 Å². The van der Waals surface area contributed by atoms with Gasteiger partial charge in [0, 0.05) is 18.3 Å². The van der Waals surface area contributed by atoms with Crippen LogP contribution in [0.4, 0.5) is 13.2 Å². The molecule has 0 saturated carbocycles. The molecule has 0 spiro atoms. The smallest absolute Gasteiger partial charge is 0.184 e. The molecule has 3 nitrogen and oxygen atoms in total. The van der Waals surface area contributed by atoms with Gasteiger partial charge in [0.2, 0.25) is 0 Å². The number of aromatic amines is 1. The number of benzene rings is 1. The van der Waals surface area contributed by atoms with Crippen LogP contribution in [-0.4, -0.2) is 14.5 Å². The number of fused-ring (bicyclic) bond motifs is 1. The molecular weight excluding hydrogens is 287 g/mol. The average molecular weight is 295 g/mol. The fourth-order valence-corrected chi connectivity index (χ4v) is 2.32. The molecule has 0 radical (unpaired) electrons. The second kappa shape index (κ2) is 4.45. The van der Waals surface area contributed by atoms with Crippen LogP contribution in [0.2, 0.25) is 0 Å². The molecule has 102 valence electrons. The van der Waals surface area contributed by atoms with Gasteiger partial charge in [-0.1, -0.05) is 0 Å². The van der Waals surface area contributed by atoms with Crippen LogP contribution < -0.4 is 0 Å². The molecule has 2 aromatic heterocycles. The predicted octanol–water partition coefficient (Wildman–Crippen LogP) is 3.81. The SMILES string of the molecule is Cc1ccnc2c1[nH]c(=S)n2-c1cc(F)c(F)cc1F. The van der Waals surface area contributed by atoms with Crippen molar-refractivity contribution in [3.8, 4) is 5.69 Å². The second-order valence-corrected chi connectivity index (χ2v) is 4.70. The quantitative estimate of drug-likeness (QED) is 0.547. The molecule has 0 aliphatic heterocycles. The van der Waals surface area contributed by atoms with Crippen LogP contribution in [0.3, 0.4) is 0 Å². The van der Waals surface area contributed by atoms with Crippen LogP contribution in [0.5, 0.6) is 0 Å². The Morgan fingerprint density at radius 2 is 1.85 bits per heavy atom. The van der Waals surface area contributed by atoms with Gasteiger partial charge in [-0.05, 0) is 30.8 Å². The summed E-state index contributed by atoms with van der Waals surface area (Å²) >= 11 is 5.11. The lowest BCUT2D eigenvalue weighted by atomic mass is 10.2. The van der Waals surface area contributed by atoms with Crippen LogP contribution >= 0.6 is 12.2 Å². The van der Waals surface area contributed by atoms with E-state index in [2.05, 4.69) is 9.97 Å². The maximum absolute atomic E-state index is 13.9. The van der Waals surface area contributed by atoms with Crippen molar-refractivity contribution in [2.45, 2.75) is 6.92 Å². The lowest BCUT2D eigenvalue weighted by Crippen LogP contribution is -2.01. The normalized spacial score (nSPS) is 11.2. The Hall–Kier alpha value is -2.15. The molecule has 0 atom stereocenters. The summed E-state index contributed by atoms with van der Waals surface area (Å²) in [5, 5.41) is 0. The van der Waals surface area contributed by atoms with E-state index in [9.17, 15) is 13.2 Å². The number of aromatic nitrogens is 3. The van der Waals surface area contributed by atoms with Gasteiger partial charge in [0.25, 0.3) is 0 Å². The van der Waals surface area contributed by atoms with E-state index in [1.54, 1.807) is 6.07 Å². The van der Waals surface area contributed by atoms with Gasteiger partial charge in [-0.25, -0.2) is 18.2 Å². The Kier molecular flexibility index (Phi) is 2.86. The fourth-order valence-electron chi connectivity index (χ4n) is 2.03. The average Bonchev–Trinajstić information content (AvgIpc) is 2.72. The van der Waals surface area contributed by atoms with E-state index in [4.69, 9.17) is 12.2 Å². The minimum absolute atomic E-state index is 0.159. The van der Waals surface area contributed by atoms with Gasteiger partial charge in [-0.2, -0.15) is 0 Å². The lowest BCUT2D eigenvalue weighted by molar-refractivity contribution is 0.493. The van der Waals surface area contributed by atoms with E-state index in [1.807, 2.05) is 6.92 Å². The second-order valence-electron chi connectivity index (χ2n) is 4.31. The van der Waals surface area contributed by atoms with E-state index in [-0.39, 0.29) is 10.5 Å². The Balaban J connectivity index is 2.41. The number of hydrogen-bond acceptors (Lipinski definition) is 2. The van der Waals surface area contributed by atoms with Gasteiger partial charge < -0.3 is 4.98 Å². The Labute approximate surface area is 116 Å². The molecule has 1 N–H and O–H groups in total. The zero-order chi connectivity index (χ0) is 14.4. The highest BCUT2D eigenvalue weighted by molar-refractivity contribution is 7.71. The summed E-state index contributed by atoms with van der Waals surface area (Å²) in [6.07, 6.45) is 1.54. The largest absolute Gasteiger partial charge is 0.329 e. The molecule has 0 saturated heterocycles. The maximum atomic E-state index is 13.9. The van der Waals surface area contributed by atoms with Crippen LogP contribution in [0.25, 0.3) is 16.9 Å². The monoisotopic (exact) mass is 295 g/mol. The van der Waals surface area contributed by atoms with Crippen molar-refractivity contribution in [2.24, 2.45) is 0 Å². The summed E-state index contributed by atoms with van der Waals surface area (Å²) in [5.74, 6) is -3.31. The van der Waals surface area contributed by atoms with Crippen molar-refractivity contribution < 1.29 is 13.2 Å². The van der Waals surface area contributed by atoms with E-state index in [0.717, 1.165) is 11.6 Å². The molecule has 0 aliphatic rings. The van der Waals surface area contributed by atoms with Crippen molar-refractivity contribution in [2.75, 3.05) is 0 Å². The molecule has 0 bridgehead atoms. The number of H-pyrrole nitrogens is 1. The number of nitrogens with zero attached hydrogens (tertiary/aromatic N) is 2. The Bertz CT molecular complexity index is 882. The van der Waals surface area contributed by atoms with Gasteiger partial charge in [0.1, 0.15) is 5.82 Å². The zero-order valence-electron chi connectivity index (χ0n) is 10.2. The van der Waals surface area contributed by atoms with E-state index >= 15 is 0 Å². The summed E-state index contributed by atoms with van der Waals surface area (Å²) in [4.78, 5) is 7.00. The molecule has 0 aliphatic carbocycles. The Morgan fingerprint density at radius 1 is 1.15 bits per heavy atom. The minimum atomic E-state index is -1.25.